The largest absolute Gasteiger partial charge is 0.481 e. The summed E-state index contributed by atoms with van der Waals surface area (Å²) in [7, 11) is 0. The van der Waals surface area contributed by atoms with Gasteiger partial charge in [0.1, 0.15) is 12.4 Å². The van der Waals surface area contributed by atoms with Crippen molar-refractivity contribution < 1.29 is 24.2 Å². The summed E-state index contributed by atoms with van der Waals surface area (Å²) >= 11 is 0. The van der Waals surface area contributed by atoms with Gasteiger partial charge in [-0.1, -0.05) is 0 Å². The number of aliphatic carboxylic acids is 1. The monoisotopic (exact) mass is 202 g/mol. The minimum Gasteiger partial charge on any atom is -0.481 e. The van der Waals surface area contributed by atoms with Gasteiger partial charge in [0.25, 0.3) is 0 Å². The van der Waals surface area contributed by atoms with Gasteiger partial charge in [-0.15, -0.1) is 0 Å². The minimum atomic E-state index is -0.933. The Morgan fingerprint density at radius 1 is 1.57 bits per heavy atom. The average molecular weight is 202 g/mol. The van der Waals surface area contributed by atoms with Gasteiger partial charge in [-0.2, -0.15) is 0 Å². The van der Waals surface area contributed by atoms with E-state index in [9.17, 15) is 9.59 Å². The molecule has 5 heteroatoms. The van der Waals surface area contributed by atoms with Crippen LogP contribution >= 0.6 is 0 Å². The molecule has 1 fully saturated rings. The molecule has 1 aliphatic rings. The van der Waals surface area contributed by atoms with E-state index in [1.165, 1.54) is 0 Å². The molecule has 1 saturated heterocycles. The summed E-state index contributed by atoms with van der Waals surface area (Å²) in [6, 6.07) is 0. The molecule has 1 aliphatic heterocycles. The Hall–Kier alpha value is -0.940. The van der Waals surface area contributed by atoms with E-state index in [1.54, 1.807) is 13.8 Å². The van der Waals surface area contributed by atoms with Gasteiger partial charge in [0, 0.05) is 6.42 Å². The van der Waals surface area contributed by atoms with Crippen LogP contribution < -0.4 is 0 Å². The van der Waals surface area contributed by atoms with Crippen molar-refractivity contribution in [1.29, 1.82) is 0 Å². The fraction of sp³-hybridized carbons (Fsp3) is 0.778. The molecule has 0 saturated carbocycles. The molecule has 0 aromatic carbocycles. The van der Waals surface area contributed by atoms with Crippen molar-refractivity contribution >= 4 is 12.3 Å². The number of hydrogen-bond acceptors (Lipinski definition) is 4. The molecule has 0 bridgehead atoms. The van der Waals surface area contributed by atoms with Crippen LogP contribution in [0.5, 0.6) is 0 Å². The number of carboxylic acid groups (broad SMARTS) is 1. The number of carboxylic acids is 1. The second-order valence-electron chi connectivity index (χ2n) is 3.77. The highest BCUT2D eigenvalue weighted by Crippen LogP contribution is 2.27. The van der Waals surface area contributed by atoms with Crippen LogP contribution in [0, 0.1) is 0 Å². The van der Waals surface area contributed by atoms with E-state index >= 15 is 0 Å². The summed E-state index contributed by atoms with van der Waals surface area (Å²) in [5.41, 5.74) is 0. The van der Waals surface area contributed by atoms with Gasteiger partial charge in [-0.05, 0) is 13.8 Å². The molecule has 0 spiro atoms. The second kappa shape index (κ2) is 4.06. The quantitative estimate of drug-likeness (QED) is 0.677. The van der Waals surface area contributed by atoms with Crippen LogP contribution in [0.3, 0.4) is 0 Å². The lowest BCUT2D eigenvalue weighted by Crippen LogP contribution is -2.45. The smallest absolute Gasteiger partial charge is 0.305 e. The molecule has 0 aromatic heterocycles. The maximum atomic E-state index is 10.6. The van der Waals surface area contributed by atoms with E-state index in [0.717, 1.165) is 0 Å². The number of carbonyl (C=O) groups excluding carboxylic acids is 1. The lowest BCUT2D eigenvalue weighted by Gasteiger charge is -2.38. The third-order valence-corrected chi connectivity index (χ3v) is 1.93. The summed E-state index contributed by atoms with van der Waals surface area (Å²) in [5.74, 6) is -1.82. The molecule has 0 amide bonds. The number of ether oxygens (including phenoxy) is 2. The Morgan fingerprint density at radius 3 is 2.71 bits per heavy atom. The molecule has 2 atom stereocenters. The predicted molar refractivity (Wildman–Crippen MR) is 46.8 cm³/mol. The van der Waals surface area contributed by atoms with Crippen molar-refractivity contribution in [1.82, 2.24) is 0 Å². The van der Waals surface area contributed by atoms with Gasteiger partial charge in [-0.25, -0.2) is 0 Å². The summed E-state index contributed by atoms with van der Waals surface area (Å²) in [6.45, 7) is 3.33. The molecular weight excluding hydrogens is 188 g/mol. The van der Waals surface area contributed by atoms with Gasteiger partial charge in [0.15, 0.2) is 5.79 Å². The Balaban J connectivity index is 2.60. The molecule has 1 heterocycles. The Bertz CT molecular complexity index is 235. The first-order chi connectivity index (χ1) is 6.43. The van der Waals surface area contributed by atoms with Crippen LogP contribution in [0.4, 0.5) is 0 Å². The van der Waals surface area contributed by atoms with Gasteiger partial charge < -0.3 is 19.4 Å². The van der Waals surface area contributed by atoms with Gasteiger partial charge in [0.2, 0.25) is 0 Å². The predicted octanol–water partition coefficient (Wildman–Crippen LogP) is 0.570. The van der Waals surface area contributed by atoms with Crippen LogP contribution in [0.2, 0.25) is 0 Å². The SMILES string of the molecule is CC1(C)OC(C=O)C[C@H](CC(=O)O)O1. The van der Waals surface area contributed by atoms with Crippen LogP contribution in [-0.2, 0) is 19.1 Å². The summed E-state index contributed by atoms with van der Waals surface area (Å²) in [6.07, 6.45) is -0.135. The first kappa shape index (κ1) is 11.1. The molecule has 14 heavy (non-hydrogen) atoms. The molecule has 80 valence electrons. The van der Waals surface area contributed by atoms with E-state index in [-0.39, 0.29) is 6.42 Å². The van der Waals surface area contributed by atoms with Crippen molar-refractivity contribution in [2.45, 2.75) is 44.7 Å². The lowest BCUT2D eigenvalue weighted by molar-refractivity contribution is -0.291. The van der Waals surface area contributed by atoms with Crippen LogP contribution in [-0.4, -0.2) is 35.4 Å². The third-order valence-electron chi connectivity index (χ3n) is 1.93. The maximum Gasteiger partial charge on any atom is 0.305 e. The number of carbonyl (C=O) groups is 2. The highest BCUT2D eigenvalue weighted by Gasteiger charge is 2.36. The van der Waals surface area contributed by atoms with Crippen molar-refractivity contribution in [2.24, 2.45) is 0 Å². The normalized spacial score (nSPS) is 31.0. The van der Waals surface area contributed by atoms with Crippen LogP contribution in [0.1, 0.15) is 26.7 Å². The van der Waals surface area contributed by atoms with Crippen LogP contribution in [0.15, 0.2) is 0 Å². The van der Waals surface area contributed by atoms with Crippen molar-refractivity contribution in [3.05, 3.63) is 0 Å². The number of hydrogen-bond donors (Lipinski definition) is 1. The highest BCUT2D eigenvalue weighted by atomic mass is 16.7. The molecule has 1 N–H and O–H groups in total. The van der Waals surface area contributed by atoms with Gasteiger partial charge in [-0.3, -0.25) is 4.79 Å². The Labute approximate surface area is 82.0 Å². The third kappa shape index (κ3) is 3.08. The van der Waals surface area contributed by atoms with Gasteiger partial charge in [0.05, 0.1) is 12.5 Å². The molecule has 0 aliphatic carbocycles. The fourth-order valence-electron chi connectivity index (χ4n) is 1.55. The van der Waals surface area contributed by atoms with Crippen molar-refractivity contribution in [3.63, 3.8) is 0 Å². The molecule has 5 nitrogen and oxygen atoms in total. The summed E-state index contributed by atoms with van der Waals surface area (Å²) in [5, 5.41) is 8.59. The van der Waals surface area contributed by atoms with E-state index < -0.39 is 24.0 Å². The van der Waals surface area contributed by atoms with Crippen molar-refractivity contribution in [2.75, 3.05) is 0 Å². The zero-order chi connectivity index (χ0) is 10.8. The Morgan fingerprint density at radius 2 is 2.21 bits per heavy atom. The number of aldehydes is 1. The second-order valence-corrected chi connectivity index (χ2v) is 3.77. The molecular formula is C9H14O5. The molecule has 1 unspecified atom stereocenters. The molecule has 0 aromatic rings. The molecule has 0 radical (unpaired) electrons. The van der Waals surface area contributed by atoms with E-state index in [1.807, 2.05) is 0 Å². The fourth-order valence-corrected chi connectivity index (χ4v) is 1.55. The minimum absolute atomic E-state index is 0.100. The summed E-state index contributed by atoms with van der Waals surface area (Å²) < 4.78 is 10.6. The first-order valence-corrected chi connectivity index (χ1v) is 4.45. The van der Waals surface area contributed by atoms with Crippen LogP contribution in [0.25, 0.3) is 0 Å². The van der Waals surface area contributed by atoms with E-state index in [4.69, 9.17) is 14.6 Å². The van der Waals surface area contributed by atoms with E-state index in [2.05, 4.69) is 0 Å². The van der Waals surface area contributed by atoms with Crippen molar-refractivity contribution in [3.8, 4) is 0 Å². The summed E-state index contributed by atoms with van der Waals surface area (Å²) in [4.78, 5) is 21.0. The Kier molecular flexibility index (Phi) is 3.23. The lowest BCUT2D eigenvalue weighted by atomic mass is 10.1. The highest BCUT2D eigenvalue weighted by molar-refractivity contribution is 5.67. The van der Waals surface area contributed by atoms with Gasteiger partial charge >= 0.3 is 5.97 Å². The van der Waals surface area contributed by atoms with E-state index in [0.29, 0.717) is 12.7 Å². The standard InChI is InChI=1S/C9H14O5/c1-9(2)13-6(4-8(11)12)3-7(5-10)14-9/h5-7H,3-4H2,1-2H3,(H,11,12)/t6-,7?/m1/s1. The zero-order valence-electron chi connectivity index (χ0n) is 8.23. The average Bonchev–Trinajstić information content (AvgIpc) is 1.99. The first-order valence-electron chi connectivity index (χ1n) is 4.45. The maximum absolute atomic E-state index is 10.6. The topological polar surface area (TPSA) is 72.8 Å². The zero-order valence-corrected chi connectivity index (χ0v) is 8.23. The number of rotatable bonds is 3. The molecule has 1 rings (SSSR count).